The number of nitrogens with zero attached hydrogens (tertiary/aromatic N) is 2. The van der Waals surface area contributed by atoms with E-state index in [0.717, 1.165) is 32.5 Å². The van der Waals surface area contributed by atoms with Gasteiger partial charge in [0, 0.05) is 13.2 Å². The Bertz CT molecular complexity index is 184. The van der Waals surface area contributed by atoms with Gasteiger partial charge in [0.05, 0.1) is 11.5 Å². The van der Waals surface area contributed by atoms with Crippen molar-refractivity contribution < 1.29 is 5.11 Å². The van der Waals surface area contributed by atoms with Crippen LogP contribution in [0.5, 0.6) is 0 Å². The highest BCUT2D eigenvalue weighted by molar-refractivity contribution is 4.91. The predicted octanol–water partition coefficient (Wildman–Crippen LogP) is 1.63. The summed E-state index contributed by atoms with van der Waals surface area (Å²) in [5.74, 6) is 0. The lowest BCUT2D eigenvalue weighted by Crippen LogP contribution is -2.29. The molecule has 0 aromatic rings. The number of aliphatic hydroxyl groups is 1. The van der Waals surface area contributed by atoms with Crippen LogP contribution in [0.15, 0.2) is 0 Å². The van der Waals surface area contributed by atoms with Gasteiger partial charge in [0.15, 0.2) is 0 Å². The highest BCUT2D eigenvalue weighted by atomic mass is 16.3. The van der Waals surface area contributed by atoms with Crippen LogP contribution in [0.2, 0.25) is 0 Å². The van der Waals surface area contributed by atoms with Crippen molar-refractivity contribution in [3.63, 3.8) is 0 Å². The monoisotopic (exact) mass is 198 g/mol. The van der Waals surface area contributed by atoms with Crippen LogP contribution in [0.25, 0.3) is 0 Å². The van der Waals surface area contributed by atoms with E-state index in [9.17, 15) is 0 Å². The van der Waals surface area contributed by atoms with Crippen molar-refractivity contribution in [1.29, 1.82) is 5.26 Å². The van der Waals surface area contributed by atoms with Crippen LogP contribution in [0.3, 0.4) is 0 Å². The molecule has 14 heavy (non-hydrogen) atoms. The minimum Gasteiger partial charge on any atom is -0.396 e. The lowest BCUT2D eigenvalue weighted by Gasteiger charge is -2.23. The van der Waals surface area contributed by atoms with Gasteiger partial charge in [-0.3, -0.25) is 0 Å². The Balaban J connectivity index is 3.78. The van der Waals surface area contributed by atoms with Crippen molar-refractivity contribution in [3.05, 3.63) is 0 Å². The third-order valence-corrected chi connectivity index (χ3v) is 2.44. The third-order valence-electron chi connectivity index (χ3n) is 2.44. The van der Waals surface area contributed by atoms with E-state index in [1.54, 1.807) is 0 Å². The Labute approximate surface area is 87.3 Å². The van der Waals surface area contributed by atoms with Gasteiger partial charge in [-0.2, -0.15) is 5.26 Å². The molecule has 0 aromatic heterocycles. The molecule has 0 aliphatic carbocycles. The average molecular weight is 198 g/mol. The summed E-state index contributed by atoms with van der Waals surface area (Å²) in [6.45, 7) is 9.14. The smallest absolute Gasteiger partial charge is 0.0684 e. The highest BCUT2D eigenvalue weighted by Crippen LogP contribution is 2.18. The molecule has 0 spiro atoms. The first kappa shape index (κ1) is 13.4. The van der Waals surface area contributed by atoms with Crippen molar-refractivity contribution in [1.82, 2.24) is 4.90 Å². The van der Waals surface area contributed by atoms with E-state index in [-0.39, 0.29) is 12.0 Å². The topological polar surface area (TPSA) is 47.3 Å². The van der Waals surface area contributed by atoms with Crippen LogP contribution in [-0.2, 0) is 0 Å². The van der Waals surface area contributed by atoms with E-state index in [2.05, 4.69) is 17.9 Å². The molecule has 0 saturated heterocycles. The molecular weight excluding hydrogens is 176 g/mol. The molecule has 0 fully saturated rings. The summed E-state index contributed by atoms with van der Waals surface area (Å²) < 4.78 is 0. The number of nitriles is 1. The zero-order valence-electron chi connectivity index (χ0n) is 9.58. The third kappa shape index (κ3) is 5.95. The Morgan fingerprint density at radius 3 is 2.43 bits per heavy atom. The lowest BCUT2D eigenvalue weighted by molar-refractivity contribution is 0.215. The van der Waals surface area contributed by atoms with Crippen LogP contribution in [-0.4, -0.2) is 36.2 Å². The maximum Gasteiger partial charge on any atom is 0.0684 e. The van der Waals surface area contributed by atoms with Gasteiger partial charge in [-0.25, -0.2) is 0 Å². The first-order valence-corrected chi connectivity index (χ1v) is 5.30. The highest BCUT2D eigenvalue weighted by Gasteiger charge is 2.17. The van der Waals surface area contributed by atoms with Crippen molar-refractivity contribution >= 4 is 0 Å². The van der Waals surface area contributed by atoms with Gasteiger partial charge in [0.25, 0.3) is 0 Å². The van der Waals surface area contributed by atoms with E-state index in [1.807, 2.05) is 13.8 Å². The molecule has 3 nitrogen and oxygen atoms in total. The molecule has 0 atom stereocenters. The Hall–Kier alpha value is -0.590. The summed E-state index contributed by atoms with van der Waals surface area (Å²) in [5, 5.41) is 17.6. The van der Waals surface area contributed by atoms with Crippen molar-refractivity contribution in [2.24, 2.45) is 5.41 Å². The fourth-order valence-corrected chi connectivity index (χ4v) is 1.22. The van der Waals surface area contributed by atoms with Gasteiger partial charge in [-0.1, -0.05) is 6.92 Å². The largest absolute Gasteiger partial charge is 0.396 e. The van der Waals surface area contributed by atoms with Crippen molar-refractivity contribution in [2.75, 3.05) is 26.2 Å². The fraction of sp³-hybridized carbons (Fsp3) is 0.909. The standard InChI is InChI=1S/C11H22N2O/c1-4-13(7-5-9-14)8-6-11(2,3)10-12/h14H,4-9H2,1-3H3. The molecule has 0 saturated carbocycles. The molecule has 0 radical (unpaired) electrons. The molecule has 0 rings (SSSR count). The molecule has 0 amide bonds. The van der Waals surface area contributed by atoms with Crippen LogP contribution in [0.1, 0.15) is 33.6 Å². The number of hydrogen-bond acceptors (Lipinski definition) is 3. The van der Waals surface area contributed by atoms with Crippen LogP contribution < -0.4 is 0 Å². The minimum absolute atomic E-state index is 0.230. The summed E-state index contributed by atoms with van der Waals surface area (Å²) in [4.78, 5) is 2.27. The van der Waals surface area contributed by atoms with E-state index >= 15 is 0 Å². The van der Waals surface area contributed by atoms with E-state index in [4.69, 9.17) is 10.4 Å². The van der Waals surface area contributed by atoms with Crippen LogP contribution in [0, 0.1) is 16.7 Å². The van der Waals surface area contributed by atoms with Gasteiger partial charge >= 0.3 is 0 Å². The van der Waals surface area contributed by atoms with Crippen LogP contribution in [0.4, 0.5) is 0 Å². The van der Waals surface area contributed by atoms with Gasteiger partial charge in [0.1, 0.15) is 0 Å². The zero-order chi connectivity index (χ0) is 11.0. The summed E-state index contributed by atoms with van der Waals surface area (Å²) in [6, 6.07) is 2.30. The molecule has 0 bridgehead atoms. The second kappa shape index (κ2) is 6.80. The molecule has 1 N–H and O–H groups in total. The normalized spacial score (nSPS) is 11.7. The minimum atomic E-state index is -0.230. The molecule has 0 aliphatic heterocycles. The number of rotatable bonds is 7. The molecule has 0 unspecified atom stereocenters. The number of hydrogen-bond donors (Lipinski definition) is 1. The summed E-state index contributed by atoms with van der Waals surface area (Å²) in [5.41, 5.74) is -0.230. The van der Waals surface area contributed by atoms with E-state index < -0.39 is 0 Å². The Morgan fingerprint density at radius 1 is 1.36 bits per heavy atom. The van der Waals surface area contributed by atoms with Gasteiger partial charge < -0.3 is 10.0 Å². The SMILES string of the molecule is CCN(CCCO)CCC(C)(C)C#N. The first-order valence-electron chi connectivity index (χ1n) is 5.30. The Kier molecular flexibility index (Phi) is 6.52. The Morgan fingerprint density at radius 2 is 2.00 bits per heavy atom. The summed E-state index contributed by atoms with van der Waals surface area (Å²) >= 11 is 0. The van der Waals surface area contributed by atoms with E-state index in [1.165, 1.54) is 0 Å². The maximum absolute atomic E-state index is 8.85. The van der Waals surface area contributed by atoms with Gasteiger partial charge in [-0.15, -0.1) is 0 Å². The van der Waals surface area contributed by atoms with E-state index in [0.29, 0.717) is 0 Å². The molecule has 0 heterocycles. The number of aliphatic hydroxyl groups excluding tert-OH is 1. The summed E-state index contributed by atoms with van der Waals surface area (Å²) in [7, 11) is 0. The molecular formula is C11H22N2O. The van der Waals surface area contributed by atoms with Gasteiger partial charge in [0.2, 0.25) is 0 Å². The molecule has 0 aromatic carbocycles. The maximum atomic E-state index is 8.85. The lowest BCUT2D eigenvalue weighted by atomic mass is 9.91. The quantitative estimate of drug-likeness (QED) is 0.676. The second-order valence-electron chi connectivity index (χ2n) is 4.26. The molecule has 0 aliphatic rings. The van der Waals surface area contributed by atoms with Crippen molar-refractivity contribution in [3.8, 4) is 6.07 Å². The molecule has 3 heteroatoms. The van der Waals surface area contributed by atoms with Crippen molar-refractivity contribution in [2.45, 2.75) is 33.6 Å². The molecule has 82 valence electrons. The van der Waals surface area contributed by atoms with Gasteiger partial charge in [-0.05, 0) is 39.8 Å². The predicted molar refractivity (Wildman–Crippen MR) is 57.8 cm³/mol. The first-order chi connectivity index (χ1) is 6.55. The summed E-state index contributed by atoms with van der Waals surface area (Å²) in [6.07, 6.45) is 1.71. The fourth-order valence-electron chi connectivity index (χ4n) is 1.22. The second-order valence-corrected chi connectivity index (χ2v) is 4.26. The zero-order valence-corrected chi connectivity index (χ0v) is 9.58. The average Bonchev–Trinajstić information content (AvgIpc) is 2.18. The van der Waals surface area contributed by atoms with Crippen LogP contribution >= 0.6 is 0 Å².